The van der Waals surface area contributed by atoms with Gasteiger partial charge < -0.3 is 0 Å². The summed E-state index contributed by atoms with van der Waals surface area (Å²) in [5.41, 5.74) is 0. The summed E-state index contributed by atoms with van der Waals surface area (Å²) >= 11 is -0.403. The minimum absolute atomic E-state index is 0.0162. The van der Waals surface area contributed by atoms with E-state index in [1.165, 1.54) is 12.2 Å². The predicted octanol–water partition coefficient (Wildman–Crippen LogP) is -0.686. The first-order chi connectivity index (χ1) is 3.29. The number of hydrogen-bond acceptors (Lipinski definition) is 2. The van der Waals surface area contributed by atoms with Crippen LogP contribution in [0.4, 0.5) is 0 Å². The van der Waals surface area contributed by atoms with E-state index in [1.807, 2.05) is 0 Å². The molecule has 0 bridgehead atoms. The quantitative estimate of drug-likeness (QED) is 0.441. The molecule has 0 unspecified atom stereocenters. The van der Waals surface area contributed by atoms with Gasteiger partial charge in [0.2, 0.25) is 0 Å². The molecule has 0 amide bonds. The Morgan fingerprint density at radius 2 is 1.57 bits per heavy atom. The van der Waals surface area contributed by atoms with Crippen molar-refractivity contribution in [2.45, 2.75) is 0 Å². The molecule has 0 spiro atoms. The van der Waals surface area contributed by atoms with E-state index in [4.69, 9.17) is 0 Å². The van der Waals surface area contributed by atoms with E-state index >= 15 is 0 Å². The third kappa shape index (κ3) is 0.981. The Kier molecular flexibility index (Phi) is 1.09. The molecule has 0 saturated carbocycles. The molecule has 0 aromatic heterocycles. The van der Waals surface area contributed by atoms with Crippen LogP contribution in [-0.2, 0) is 9.59 Å². The zero-order valence-corrected chi connectivity index (χ0v) is 5.09. The second kappa shape index (κ2) is 1.60. The Hall–Kier alpha value is -0.401. The maximum atomic E-state index is 10.2. The second-order valence-corrected chi connectivity index (χ2v) is 3.19. The Morgan fingerprint density at radius 1 is 1.14 bits per heavy atom. The van der Waals surface area contributed by atoms with Crippen LogP contribution < -0.4 is 0 Å². The van der Waals surface area contributed by atoms with Crippen molar-refractivity contribution in [3.05, 3.63) is 12.2 Å². The van der Waals surface area contributed by atoms with Crippen molar-refractivity contribution >= 4 is 24.3 Å². The van der Waals surface area contributed by atoms with Crippen molar-refractivity contribution in [2.75, 3.05) is 0 Å². The van der Waals surface area contributed by atoms with E-state index in [-0.39, 0.29) is 9.36 Å². The second-order valence-electron chi connectivity index (χ2n) is 1.07. The van der Waals surface area contributed by atoms with E-state index in [0.29, 0.717) is 0 Å². The summed E-state index contributed by atoms with van der Waals surface area (Å²) in [5.74, 6) is 0. The zero-order chi connectivity index (χ0) is 5.28. The van der Waals surface area contributed by atoms with E-state index in [2.05, 4.69) is 0 Å². The fourth-order valence-corrected chi connectivity index (χ4v) is 1.29. The Morgan fingerprint density at radius 3 is 1.71 bits per heavy atom. The summed E-state index contributed by atoms with van der Waals surface area (Å²) in [4.78, 5) is 20.3. The fourth-order valence-electron chi connectivity index (χ4n) is 0.303. The van der Waals surface area contributed by atoms with Crippen LogP contribution in [0.15, 0.2) is 12.2 Å². The van der Waals surface area contributed by atoms with Crippen LogP contribution in [0.2, 0.25) is 0 Å². The summed E-state index contributed by atoms with van der Waals surface area (Å²) < 4.78 is -0.0324. The van der Waals surface area contributed by atoms with Gasteiger partial charge in [-0.1, -0.05) is 0 Å². The summed E-state index contributed by atoms with van der Waals surface area (Å²) in [5, 5.41) is 0. The zero-order valence-electron chi connectivity index (χ0n) is 3.38. The van der Waals surface area contributed by atoms with Crippen LogP contribution in [-0.4, -0.2) is 24.3 Å². The Balaban J connectivity index is 2.76. The molecule has 0 aromatic carbocycles. The normalized spacial score (nSPS) is 18.9. The van der Waals surface area contributed by atoms with Gasteiger partial charge >= 0.3 is 46.1 Å². The molecule has 0 aromatic rings. The first kappa shape index (κ1) is 4.75. The summed E-state index contributed by atoms with van der Waals surface area (Å²) in [6.45, 7) is 0. The van der Waals surface area contributed by atoms with Gasteiger partial charge in [0.05, 0.1) is 0 Å². The van der Waals surface area contributed by atoms with Gasteiger partial charge in [0.25, 0.3) is 0 Å². The predicted molar refractivity (Wildman–Crippen MR) is 24.9 cm³/mol. The third-order valence-corrected chi connectivity index (χ3v) is 1.97. The van der Waals surface area contributed by atoms with Crippen molar-refractivity contribution in [2.24, 2.45) is 0 Å². The molecule has 0 N–H and O–H groups in total. The van der Waals surface area contributed by atoms with Gasteiger partial charge in [-0.25, -0.2) is 0 Å². The minimum atomic E-state index is -0.403. The van der Waals surface area contributed by atoms with Crippen molar-refractivity contribution in [1.82, 2.24) is 0 Å². The molecule has 1 aliphatic heterocycles. The summed E-state index contributed by atoms with van der Waals surface area (Å²) in [6, 6.07) is 0. The molecule has 36 valence electrons. The summed E-state index contributed by atoms with van der Waals surface area (Å²) in [7, 11) is 0. The van der Waals surface area contributed by atoms with Gasteiger partial charge in [0, 0.05) is 0 Å². The van der Waals surface area contributed by atoms with Crippen molar-refractivity contribution in [3.63, 3.8) is 0 Å². The molecule has 0 aliphatic carbocycles. The number of carbonyl (C=O) groups excluding carboxylic acids is 2. The third-order valence-electron chi connectivity index (χ3n) is 0.557. The standard InChI is InChI=1S/C4H2O2Se/c5-3-1-2-4(6)7-3/h1-2H. The monoisotopic (exact) mass is 162 g/mol. The van der Waals surface area contributed by atoms with Gasteiger partial charge in [-0.3, -0.25) is 0 Å². The Bertz CT molecular complexity index is 132. The first-order valence-corrected chi connectivity index (χ1v) is 3.44. The molecular weight excluding hydrogens is 159 g/mol. The van der Waals surface area contributed by atoms with Crippen LogP contribution in [0.25, 0.3) is 0 Å². The molecule has 7 heavy (non-hydrogen) atoms. The summed E-state index contributed by atoms with van der Waals surface area (Å²) in [6.07, 6.45) is 2.67. The van der Waals surface area contributed by atoms with Crippen LogP contribution in [0, 0.1) is 0 Å². The average Bonchev–Trinajstić information content (AvgIpc) is 1.87. The SMILES string of the molecule is O=C1C=CC(=O)[Se]1. The maximum absolute atomic E-state index is 10.2. The number of hydrogen-bond donors (Lipinski definition) is 0. The number of carbonyl (C=O) groups is 2. The Labute approximate surface area is 46.7 Å². The molecule has 1 aliphatic rings. The van der Waals surface area contributed by atoms with E-state index < -0.39 is 15.0 Å². The van der Waals surface area contributed by atoms with Crippen molar-refractivity contribution < 1.29 is 9.59 Å². The van der Waals surface area contributed by atoms with E-state index in [0.717, 1.165) is 0 Å². The van der Waals surface area contributed by atoms with Crippen molar-refractivity contribution in [3.8, 4) is 0 Å². The number of allylic oxidation sites excluding steroid dienone is 2. The van der Waals surface area contributed by atoms with E-state index in [9.17, 15) is 9.59 Å². The van der Waals surface area contributed by atoms with Gasteiger partial charge in [0.1, 0.15) is 0 Å². The van der Waals surface area contributed by atoms with Gasteiger partial charge in [-0.05, 0) is 0 Å². The van der Waals surface area contributed by atoms with Gasteiger partial charge in [-0.2, -0.15) is 0 Å². The molecule has 0 fully saturated rings. The van der Waals surface area contributed by atoms with E-state index in [1.54, 1.807) is 0 Å². The van der Waals surface area contributed by atoms with Crippen LogP contribution >= 0.6 is 0 Å². The molecule has 1 heterocycles. The van der Waals surface area contributed by atoms with Gasteiger partial charge in [0.15, 0.2) is 0 Å². The molecular formula is C4H2O2Se. The average molecular weight is 161 g/mol. The molecule has 0 saturated heterocycles. The molecule has 2 nitrogen and oxygen atoms in total. The molecule has 0 radical (unpaired) electrons. The van der Waals surface area contributed by atoms with Crippen LogP contribution in [0.5, 0.6) is 0 Å². The van der Waals surface area contributed by atoms with Crippen LogP contribution in [0.3, 0.4) is 0 Å². The topological polar surface area (TPSA) is 34.1 Å². The number of rotatable bonds is 0. The van der Waals surface area contributed by atoms with Gasteiger partial charge in [-0.15, -0.1) is 0 Å². The van der Waals surface area contributed by atoms with Crippen molar-refractivity contribution in [1.29, 1.82) is 0 Å². The molecule has 0 atom stereocenters. The van der Waals surface area contributed by atoms with Crippen LogP contribution in [0.1, 0.15) is 0 Å². The molecule has 3 heteroatoms. The molecule has 1 rings (SSSR count). The fraction of sp³-hybridized carbons (Fsp3) is 0. The first-order valence-electron chi connectivity index (χ1n) is 1.73.